The Bertz CT molecular complexity index is 798. The molecule has 2 rings (SSSR count). The van der Waals surface area contributed by atoms with E-state index in [9.17, 15) is 13.2 Å². The molecule has 0 saturated heterocycles. The Morgan fingerprint density at radius 2 is 2.18 bits per heavy atom. The van der Waals surface area contributed by atoms with Crippen LogP contribution in [0.1, 0.15) is 12.5 Å². The lowest BCUT2D eigenvalue weighted by Gasteiger charge is -2.14. The van der Waals surface area contributed by atoms with Gasteiger partial charge in [-0.3, -0.25) is 9.48 Å². The minimum absolute atomic E-state index is 0.0755. The van der Waals surface area contributed by atoms with Gasteiger partial charge in [0.2, 0.25) is 15.9 Å². The van der Waals surface area contributed by atoms with Crippen molar-refractivity contribution in [3.8, 4) is 5.75 Å². The Balaban J connectivity index is 2.38. The van der Waals surface area contributed by atoms with Crippen molar-refractivity contribution in [2.75, 3.05) is 5.32 Å². The lowest BCUT2D eigenvalue weighted by Crippen LogP contribution is -2.18. The van der Waals surface area contributed by atoms with E-state index in [-0.39, 0.29) is 23.0 Å². The minimum Gasteiger partial charge on any atom is -0.485 e. The third-order valence-electron chi connectivity index (χ3n) is 2.81. The molecule has 0 fully saturated rings. The molecule has 0 aliphatic rings. The molecule has 22 heavy (non-hydrogen) atoms. The molecule has 3 N–H and O–H groups in total. The molecule has 2 aromatic rings. The molecule has 1 amide bonds. The molecule has 9 heteroatoms. The zero-order valence-corrected chi connectivity index (χ0v) is 12.9. The van der Waals surface area contributed by atoms with Gasteiger partial charge in [-0.1, -0.05) is 6.07 Å². The van der Waals surface area contributed by atoms with Gasteiger partial charge in [0.1, 0.15) is 6.61 Å². The second kappa shape index (κ2) is 6.16. The summed E-state index contributed by atoms with van der Waals surface area (Å²) in [4.78, 5) is 11.2. The maximum Gasteiger partial charge on any atom is 0.238 e. The molecular formula is C13H16N4O4S. The number of carbonyl (C=O) groups is 1. The molecule has 0 saturated carbocycles. The second-order valence-electron chi connectivity index (χ2n) is 4.65. The Kier molecular flexibility index (Phi) is 4.48. The molecule has 1 heterocycles. The number of primary sulfonamides is 1. The predicted octanol–water partition coefficient (Wildman–Crippen LogP) is 0.605. The molecule has 0 aliphatic carbocycles. The smallest absolute Gasteiger partial charge is 0.238 e. The molecule has 1 aromatic carbocycles. The quantitative estimate of drug-likeness (QED) is 0.835. The van der Waals surface area contributed by atoms with Gasteiger partial charge in [-0.25, -0.2) is 13.6 Å². The highest BCUT2D eigenvalue weighted by atomic mass is 32.2. The third-order valence-corrected chi connectivity index (χ3v) is 3.81. The summed E-state index contributed by atoms with van der Waals surface area (Å²) in [7, 11) is -2.21. The SMILES string of the molecule is CC(=O)Nc1cccc(S(N)(=O)=O)c1COc1cnn(C)c1. The zero-order valence-electron chi connectivity index (χ0n) is 12.1. The van der Waals surface area contributed by atoms with E-state index in [0.29, 0.717) is 11.4 Å². The Labute approximate surface area is 127 Å². The summed E-state index contributed by atoms with van der Waals surface area (Å²) >= 11 is 0. The summed E-state index contributed by atoms with van der Waals surface area (Å²) in [6.07, 6.45) is 3.13. The number of ether oxygens (including phenoxy) is 1. The standard InChI is InChI=1S/C13H16N4O4S/c1-9(18)16-12-4-3-5-13(22(14,19)20)11(12)8-21-10-6-15-17(2)7-10/h3-7H,8H2,1-2H3,(H,16,18)(H2,14,19,20). The van der Waals surface area contributed by atoms with Crippen LogP contribution in [0.15, 0.2) is 35.5 Å². The first kappa shape index (κ1) is 16.0. The van der Waals surface area contributed by atoms with E-state index < -0.39 is 10.0 Å². The van der Waals surface area contributed by atoms with E-state index in [2.05, 4.69) is 10.4 Å². The van der Waals surface area contributed by atoms with E-state index >= 15 is 0 Å². The first-order valence-electron chi connectivity index (χ1n) is 6.31. The van der Waals surface area contributed by atoms with Crippen LogP contribution >= 0.6 is 0 Å². The summed E-state index contributed by atoms with van der Waals surface area (Å²) in [6.45, 7) is 1.25. The molecule has 0 spiro atoms. The Morgan fingerprint density at radius 1 is 1.45 bits per heavy atom. The van der Waals surface area contributed by atoms with Crippen molar-refractivity contribution in [1.29, 1.82) is 0 Å². The number of sulfonamides is 1. The molecular weight excluding hydrogens is 308 g/mol. The fourth-order valence-electron chi connectivity index (χ4n) is 1.92. The minimum atomic E-state index is -3.94. The van der Waals surface area contributed by atoms with Crippen LogP contribution in [0.25, 0.3) is 0 Å². The second-order valence-corrected chi connectivity index (χ2v) is 6.18. The van der Waals surface area contributed by atoms with Crippen molar-refractivity contribution in [3.05, 3.63) is 36.2 Å². The van der Waals surface area contributed by atoms with Gasteiger partial charge in [0.25, 0.3) is 0 Å². The monoisotopic (exact) mass is 324 g/mol. The van der Waals surface area contributed by atoms with E-state index in [1.807, 2.05) is 0 Å². The number of aromatic nitrogens is 2. The third kappa shape index (κ3) is 3.83. The van der Waals surface area contributed by atoms with Gasteiger partial charge in [-0.2, -0.15) is 5.10 Å². The van der Waals surface area contributed by atoms with Gasteiger partial charge >= 0.3 is 0 Å². The lowest BCUT2D eigenvalue weighted by molar-refractivity contribution is -0.114. The van der Waals surface area contributed by atoms with Crippen LogP contribution in [0.5, 0.6) is 5.75 Å². The highest BCUT2D eigenvalue weighted by Crippen LogP contribution is 2.25. The number of carbonyl (C=O) groups excluding carboxylic acids is 1. The normalized spacial score (nSPS) is 11.2. The van der Waals surface area contributed by atoms with Crippen molar-refractivity contribution in [1.82, 2.24) is 9.78 Å². The highest BCUT2D eigenvalue weighted by Gasteiger charge is 2.18. The van der Waals surface area contributed by atoms with Crippen LogP contribution in [0, 0.1) is 0 Å². The maximum atomic E-state index is 11.7. The van der Waals surface area contributed by atoms with Crippen molar-refractivity contribution in [3.63, 3.8) is 0 Å². The van der Waals surface area contributed by atoms with Crippen LogP contribution in [-0.4, -0.2) is 24.1 Å². The van der Waals surface area contributed by atoms with Gasteiger partial charge < -0.3 is 10.1 Å². The van der Waals surface area contributed by atoms with Gasteiger partial charge in [-0.15, -0.1) is 0 Å². The van der Waals surface area contributed by atoms with E-state index in [4.69, 9.17) is 9.88 Å². The molecule has 1 aromatic heterocycles. The zero-order chi connectivity index (χ0) is 16.3. The largest absolute Gasteiger partial charge is 0.485 e. The first-order chi connectivity index (χ1) is 10.3. The number of anilines is 1. The maximum absolute atomic E-state index is 11.7. The van der Waals surface area contributed by atoms with Crippen molar-refractivity contribution in [2.24, 2.45) is 12.2 Å². The van der Waals surface area contributed by atoms with Gasteiger partial charge in [-0.05, 0) is 12.1 Å². The summed E-state index contributed by atoms with van der Waals surface area (Å²) in [6, 6.07) is 4.44. The number of nitrogens with zero attached hydrogens (tertiary/aromatic N) is 2. The number of hydrogen-bond donors (Lipinski definition) is 2. The van der Waals surface area contributed by atoms with Crippen molar-refractivity contribution in [2.45, 2.75) is 18.4 Å². The summed E-state index contributed by atoms with van der Waals surface area (Å²) in [5.74, 6) is 0.148. The number of nitrogens with two attached hydrogens (primary N) is 1. The molecule has 8 nitrogen and oxygen atoms in total. The number of benzene rings is 1. The number of aryl methyl sites for hydroxylation is 1. The number of amides is 1. The van der Waals surface area contributed by atoms with Gasteiger partial charge in [0.15, 0.2) is 5.75 Å². The van der Waals surface area contributed by atoms with E-state index in [1.54, 1.807) is 24.0 Å². The van der Waals surface area contributed by atoms with E-state index in [1.165, 1.54) is 25.3 Å². The molecule has 0 bridgehead atoms. The first-order valence-corrected chi connectivity index (χ1v) is 7.85. The average molecular weight is 324 g/mol. The van der Waals surface area contributed by atoms with Crippen LogP contribution in [-0.2, 0) is 28.5 Å². The van der Waals surface area contributed by atoms with Crippen LogP contribution in [0.2, 0.25) is 0 Å². The van der Waals surface area contributed by atoms with Crippen molar-refractivity contribution < 1.29 is 17.9 Å². The van der Waals surface area contributed by atoms with E-state index in [0.717, 1.165) is 0 Å². The Morgan fingerprint density at radius 3 is 2.73 bits per heavy atom. The average Bonchev–Trinajstić information content (AvgIpc) is 2.81. The Hall–Kier alpha value is -2.39. The van der Waals surface area contributed by atoms with Crippen LogP contribution in [0.3, 0.4) is 0 Å². The number of rotatable bonds is 5. The van der Waals surface area contributed by atoms with Crippen LogP contribution in [0.4, 0.5) is 5.69 Å². The highest BCUT2D eigenvalue weighted by molar-refractivity contribution is 7.89. The predicted molar refractivity (Wildman–Crippen MR) is 79.7 cm³/mol. The van der Waals surface area contributed by atoms with Crippen LogP contribution < -0.4 is 15.2 Å². The number of hydrogen-bond acceptors (Lipinski definition) is 5. The number of nitrogens with one attached hydrogen (secondary N) is 1. The fourth-order valence-corrected chi connectivity index (χ4v) is 2.70. The van der Waals surface area contributed by atoms with Crippen molar-refractivity contribution >= 4 is 21.6 Å². The molecule has 118 valence electrons. The fraction of sp³-hybridized carbons (Fsp3) is 0.231. The molecule has 0 aliphatic heterocycles. The van der Waals surface area contributed by atoms with Gasteiger partial charge in [0.05, 0.1) is 17.3 Å². The summed E-state index contributed by atoms with van der Waals surface area (Å²) in [5.41, 5.74) is 0.618. The molecule has 0 atom stereocenters. The van der Waals surface area contributed by atoms with Gasteiger partial charge in [0, 0.05) is 25.2 Å². The summed E-state index contributed by atoms with van der Waals surface area (Å²) in [5, 5.41) is 11.7. The molecule has 0 unspecified atom stereocenters. The summed E-state index contributed by atoms with van der Waals surface area (Å²) < 4.78 is 30.5. The molecule has 0 radical (unpaired) electrons. The lowest BCUT2D eigenvalue weighted by atomic mass is 10.2. The topological polar surface area (TPSA) is 116 Å².